The number of nitrogens with one attached hydrogen (secondary N) is 2. The van der Waals surface area contributed by atoms with Crippen LogP contribution in [0.1, 0.15) is 5.56 Å². The van der Waals surface area contributed by atoms with Gasteiger partial charge in [0.25, 0.3) is 0 Å². The molecule has 1 saturated heterocycles. The van der Waals surface area contributed by atoms with Gasteiger partial charge < -0.3 is 37.3 Å². The van der Waals surface area contributed by atoms with Crippen molar-refractivity contribution in [3.05, 3.63) is 81.0 Å². The SMILES string of the molecule is Cc1cc(Nc2ncnc3cn[c-]nc23)ccc1Oc1ccc2c(c1)ncn2C.F[C@@H]1[CH-]CNC1.[CH3-].[Li+]. The summed E-state index contributed by atoms with van der Waals surface area (Å²) in [6, 6.07) is 11.7. The topological polar surface area (TPSA) is 103 Å². The van der Waals surface area contributed by atoms with Crippen molar-refractivity contribution in [2.75, 3.05) is 18.4 Å². The van der Waals surface area contributed by atoms with E-state index in [2.05, 4.69) is 41.9 Å². The van der Waals surface area contributed by atoms with Crippen LogP contribution in [0.2, 0.25) is 0 Å². The van der Waals surface area contributed by atoms with E-state index in [9.17, 15) is 4.39 Å². The zero-order chi connectivity index (χ0) is 24.2. The minimum Gasteiger partial charge on any atom is -0.457 e. The minimum atomic E-state index is -0.690. The Hall–Kier alpha value is -3.58. The molecular weight excluding hydrogens is 466 g/mol. The van der Waals surface area contributed by atoms with Crippen LogP contribution in [0.5, 0.6) is 11.5 Å². The Morgan fingerprint density at radius 1 is 1.16 bits per heavy atom. The summed E-state index contributed by atoms with van der Waals surface area (Å²) in [7, 11) is 1.97. The maximum Gasteiger partial charge on any atom is 1.00 e. The number of ether oxygens (including phenoxy) is 1. The third-order valence-corrected chi connectivity index (χ3v) is 5.48. The van der Waals surface area contributed by atoms with Crippen molar-refractivity contribution in [3.8, 4) is 11.5 Å². The summed E-state index contributed by atoms with van der Waals surface area (Å²) in [4.78, 5) is 20.8. The van der Waals surface area contributed by atoms with E-state index in [4.69, 9.17) is 4.74 Å². The maximum atomic E-state index is 11.8. The van der Waals surface area contributed by atoms with Gasteiger partial charge in [-0.15, -0.1) is 6.54 Å². The summed E-state index contributed by atoms with van der Waals surface area (Å²) in [5, 5.41) is 6.12. The molecule has 1 atom stereocenters. The molecule has 0 bridgehead atoms. The number of benzene rings is 2. The van der Waals surface area contributed by atoms with E-state index in [1.165, 1.54) is 6.33 Å². The molecule has 3 aromatic heterocycles. The van der Waals surface area contributed by atoms with Gasteiger partial charge in [0, 0.05) is 36.2 Å². The van der Waals surface area contributed by atoms with Crippen LogP contribution >= 0.6 is 0 Å². The van der Waals surface area contributed by atoms with Crippen molar-refractivity contribution in [3.63, 3.8) is 0 Å². The molecule has 0 radical (unpaired) electrons. The zero-order valence-electron chi connectivity index (χ0n) is 21.2. The van der Waals surface area contributed by atoms with Crippen molar-refractivity contribution in [1.29, 1.82) is 0 Å². The molecule has 2 aromatic carbocycles. The molecule has 4 heterocycles. The number of aryl methyl sites for hydroxylation is 2. The fraction of sp³-hybridized carbons (Fsp3) is 0.192. The van der Waals surface area contributed by atoms with E-state index in [-0.39, 0.29) is 26.3 Å². The molecule has 1 fully saturated rings. The quantitative estimate of drug-likeness (QED) is 0.288. The summed E-state index contributed by atoms with van der Waals surface area (Å²) < 4.78 is 19.9. The van der Waals surface area contributed by atoms with Gasteiger partial charge in [0.05, 0.1) is 17.4 Å². The predicted molar refractivity (Wildman–Crippen MR) is 138 cm³/mol. The molecule has 1 aliphatic heterocycles. The van der Waals surface area contributed by atoms with Crippen LogP contribution < -0.4 is 34.2 Å². The van der Waals surface area contributed by atoms with Gasteiger partial charge in [-0.25, -0.2) is 9.97 Å². The molecule has 1 aliphatic rings. The number of rotatable bonds is 4. The number of halogens is 1. The molecule has 0 amide bonds. The summed E-state index contributed by atoms with van der Waals surface area (Å²) in [5.74, 6) is 2.12. The van der Waals surface area contributed by atoms with Crippen molar-refractivity contribution in [2.24, 2.45) is 7.05 Å². The molecule has 9 nitrogen and oxygen atoms in total. The number of hydrogen-bond donors (Lipinski definition) is 2. The van der Waals surface area contributed by atoms with E-state index < -0.39 is 6.17 Å². The second kappa shape index (κ2) is 12.6. The van der Waals surface area contributed by atoms with Crippen LogP contribution in [-0.4, -0.2) is 48.7 Å². The van der Waals surface area contributed by atoms with E-state index in [1.54, 1.807) is 18.9 Å². The van der Waals surface area contributed by atoms with Crippen LogP contribution in [0.15, 0.2) is 55.2 Å². The van der Waals surface area contributed by atoms with Gasteiger partial charge in [-0.05, 0) is 55.5 Å². The fourth-order valence-electron chi connectivity index (χ4n) is 3.66. The number of nitrogens with zero attached hydrogens (tertiary/aromatic N) is 6. The van der Waals surface area contributed by atoms with Crippen LogP contribution in [0, 0.1) is 27.1 Å². The van der Waals surface area contributed by atoms with E-state index in [1.807, 2.05) is 54.9 Å². The smallest absolute Gasteiger partial charge is 0.457 e. The first kappa shape index (κ1) is 28.0. The van der Waals surface area contributed by atoms with Crippen LogP contribution in [0.3, 0.4) is 0 Å². The summed E-state index contributed by atoms with van der Waals surface area (Å²) in [6.45, 7) is 3.25. The Morgan fingerprint density at radius 2 is 2.03 bits per heavy atom. The summed E-state index contributed by atoms with van der Waals surface area (Å²) >= 11 is 0. The molecule has 0 aliphatic carbocycles. The monoisotopic (exact) mass is 492 g/mol. The van der Waals surface area contributed by atoms with Crippen LogP contribution in [-0.2, 0) is 7.05 Å². The van der Waals surface area contributed by atoms with E-state index in [0.717, 1.165) is 40.3 Å². The Kier molecular flexibility index (Phi) is 9.52. The van der Waals surface area contributed by atoms with Gasteiger partial charge in [0.1, 0.15) is 23.6 Å². The van der Waals surface area contributed by atoms with E-state index >= 15 is 0 Å². The second-order valence-corrected chi connectivity index (χ2v) is 8.05. The second-order valence-electron chi connectivity index (χ2n) is 8.05. The summed E-state index contributed by atoms with van der Waals surface area (Å²) in [6.07, 6.45) is 8.39. The minimum absolute atomic E-state index is 0. The molecule has 0 spiro atoms. The van der Waals surface area contributed by atoms with Gasteiger partial charge in [0.15, 0.2) is 0 Å². The summed E-state index contributed by atoms with van der Waals surface area (Å²) in [5.41, 5.74) is 5.08. The van der Waals surface area contributed by atoms with Crippen molar-refractivity contribution >= 4 is 33.6 Å². The van der Waals surface area contributed by atoms with Crippen LogP contribution in [0.25, 0.3) is 22.1 Å². The molecule has 0 saturated carbocycles. The third kappa shape index (κ3) is 6.60. The molecule has 37 heavy (non-hydrogen) atoms. The maximum absolute atomic E-state index is 11.8. The van der Waals surface area contributed by atoms with Crippen molar-refractivity contribution < 1.29 is 28.0 Å². The third-order valence-electron chi connectivity index (χ3n) is 5.48. The van der Waals surface area contributed by atoms with Gasteiger partial charge in [-0.1, -0.05) is 6.20 Å². The zero-order valence-corrected chi connectivity index (χ0v) is 21.2. The van der Waals surface area contributed by atoms with Gasteiger partial charge in [0.2, 0.25) is 0 Å². The largest absolute Gasteiger partial charge is 1.00 e. The predicted octanol–water partition coefficient (Wildman–Crippen LogP) is 1.54. The molecule has 186 valence electrons. The van der Waals surface area contributed by atoms with Gasteiger partial charge in [-0.3, -0.25) is 15.8 Å². The first-order valence-electron chi connectivity index (χ1n) is 11.1. The number of hydrogen-bond acceptors (Lipinski definition) is 8. The average molecular weight is 492 g/mol. The average Bonchev–Trinajstić information content (AvgIpc) is 3.50. The molecule has 2 N–H and O–H groups in total. The van der Waals surface area contributed by atoms with Crippen molar-refractivity contribution in [2.45, 2.75) is 13.1 Å². The number of alkyl halides is 1. The Labute approximate surface area is 227 Å². The Morgan fingerprint density at radius 3 is 2.76 bits per heavy atom. The number of aromatic nitrogens is 6. The van der Waals surface area contributed by atoms with Gasteiger partial charge >= 0.3 is 18.9 Å². The first-order valence-corrected chi connectivity index (χ1v) is 11.1. The number of imidazole rings is 1. The molecule has 5 aromatic rings. The Balaban J connectivity index is 0.000000421. The van der Waals surface area contributed by atoms with Gasteiger partial charge in [-0.2, -0.15) is 0 Å². The normalized spacial score (nSPS) is 14.3. The van der Waals surface area contributed by atoms with Crippen molar-refractivity contribution in [1.82, 2.24) is 34.8 Å². The standard InChI is InChI=1S/C21H16N7O.C4H7FN.CH3.Li/c1-13-7-14(27-21-20-17(23-11-25-21)9-22-10-24-20)3-6-19(13)29-15-4-5-18-16(8-15)26-12-28(18)2;5-4-1-2-6-3-4;;/h3-9,11-12H,1-2H3,(H,23,25,27);1,4,6H,2-3H2;1H3;/q3*-1;+1/t;4-;;/m.1../s1. The molecule has 6 rings (SSSR count). The molecule has 11 heteroatoms. The fourth-order valence-corrected chi connectivity index (χ4v) is 3.66. The van der Waals surface area contributed by atoms with E-state index in [0.29, 0.717) is 23.4 Å². The molecular formula is C26H26FLiN8O-2. The number of fused-ring (bicyclic) bond motifs is 2. The first-order chi connectivity index (χ1) is 17.1. The molecule has 0 unspecified atom stereocenters. The number of anilines is 2. The van der Waals surface area contributed by atoms with Crippen LogP contribution in [0.4, 0.5) is 15.9 Å². The Bertz CT molecular complexity index is 1470.